The van der Waals surface area contributed by atoms with Gasteiger partial charge in [-0.15, -0.1) is 0 Å². The Balaban J connectivity index is 1.63. The number of hydrogen-bond acceptors (Lipinski definition) is 5. The first-order chi connectivity index (χ1) is 17.0. The third-order valence-electron chi connectivity index (χ3n) is 6.27. The van der Waals surface area contributed by atoms with Crippen LogP contribution in [0.15, 0.2) is 66.7 Å². The summed E-state index contributed by atoms with van der Waals surface area (Å²) >= 11 is 0. The van der Waals surface area contributed by atoms with Crippen molar-refractivity contribution in [3.05, 3.63) is 94.7 Å². The van der Waals surface area contributed by atoms with Crippen LogP contribution in [0.5, 0.6) is 17.2 Å². The fourth-order valence-electron chi connectivity index (χ4n) is 4.73. The maximum absolute atomic E-state index is 13.4. The van der Waals surface area contributed by atoms with E-state index in [1.54, 1.807) is 4.90 Å². The number of nitrogens with one attached hydrogen (secondary N) is 1. The van der Waals surface area contributed by atoms with Gasteiger partial charge in [-0.25, -0.2) is 0 Å². The molecule has 0 aliphatic carbocycles. The van der Waals surface area contributed by atoms with Gasteiger partial charge in [0.1, 0.15) is 28.6 Å². The van der Waals surface area contributed by atoms with Crippen molar-refractivity contribution >= 4 is 5.91 Å². The number of carbonyl (C=O) groups is 1. The van der Waals surface area contributed by atoms with Gasteiger partial charge >= 0.3 is 0 Å². The van der Waals surface area contributed by atoms with Crippen molar-refractivity contribution in [2.75, 3.05) is 13.2 Å². The van der Waals surface area contributed by atoms with Crippen molar-refractivity contribution in [2.24, 2.45) is 0 Å². The van der Waals surface area contributed by atoms with Crippen LogP contribution in [0, 0.1) is 13.8 Å². The maximum atomic E-state index is 13.4. The van der Waals surface area contributed by atoms with Crippen molar-refractivity contribution in [3.8, 4) is 28.5 Å². The molecule has 1 aliphatic heterocycles. The number of H-pyrrole nitrogens is 1. The van der Waals surface area contributed by atoms with E-state index in [2.05, 4.69) is 10.2 Å². The molecule has 178 valence electrons. The van der Waals surface area contributed by atoms with Crippen LogP contribution >= 0.6 is 0 Å². The second-order valence-corrected chi connectivity index (χ2v) is 8.80. The molecule has 1 atom stereocenters. The number of carbonyl (C=O) groups excluding carboxylic acids is 1. The number of phenolic OH excluding ortho intramolecular Hbond substituents is 1. The summed E-state index contributed by atoms with van der Waals surface area (Å²) in [5.74, 6) is 1.33. The molecule has 0 radical (unpaired) electrons. The number of nitrogens with zero attached hydrogens (tertiary/aromatic N) is 2. The van der Waals surface area contributed by atoms with E-state index in [0.717, 1.165) is 16.7 Å². The van der Waals surface area contributed by atoms with Crippen LogP contribution in [0.2, 0.25) is 0 Å². The Morgan fingerprint density at radius 2 is 1.80 bits per heavy atom. The largest absolute Gasteiger partial charge is 0.507 e. The number of ether oxygens (including phenoxy) is 1. The second kappa shape index (κ2) is 9.27. The molecule has 0 spiro atoms. The Morgan fingerprint density at radius 3 is 2.57 bits per heavy atom. The lowest BCUT2D eigenvalue weighted by Crippen LogP contribution is -2.31. The highest BCUT2D eigenvalue weighted by Gasteiger charge is 2.42. The number of aromatic nitrogens is 2. The normalized spacial score (nSPS) is 14.9. The molecular weight excluding hydrogens is 442 g/mol. The van der Waals surface area contributed by atoms with Crippen LogP contribution in [-0.4, -0.2) is 44.4 Å². The third kappa shape index (κ3) is 4.15. The van der Waals surface area contributed by atoms with Crippen molar-refractivity contribution in [1.29, 1.82) is 0 Å². The molecule has 1 aromatic heterocycles. The number of para-hydroxylation sites is 1. The molecule has 4 aromatic rings. The highest BCUT2D eigenvalue weighted by molar-refractivity contribution is 6.00. The minimum atomic E-state index is -0.447. The van der Waals surface area contributed by atoms with Gasteiger partial charge in [0.05, 0.1) is 6.04 Å². The number of aromatic amines is 1. The van der Waals surface area contributed by atoms with Gasteiger partial charge in [-0.2, -0.15) is 5.10 Å². The van der Waals surface area contributed by atoms with E-state index in [-0.39, 0.29) is 18.3 Å². The number of aliphatic hydroxyl groups is 1. The van der Waals surface area contributed by atoms with Gasteiger partial charge in [-0.05, 0) is 67.3 Å². The predicted molar refractivity (Wildman–Crippen MR) is 133 cm³/mol. The standard InChI is InChI=1S/C28H27N3O4/c1-17-14-18(2)27(33)22(15-17)24-23-25(30-29-24)28(34)31(12-7-13-32)26(23)19-8-6-11-21(16-19)35-20-9-4-3-5-10-20/h3-6,8-11,14-16,26,32-33H,7,12-13H2,1-2H3,(H,29,30)/t26-/m0/s1. The number of hydrogen-bond donors (Lipinski definition) is 3. The number of aliphatic hydroxyl groups excluding tert-OH is 1. The lowest BCUT2D eigenvalue weighted by molar-refractivity contribution is 0.0732. The molecule has 2 heterocycles. The summed E-state index contributed by atoms with van der Waals surface area (Å²) in [5, 5.41) is 27.7. The average molecular weight is 470 g/mol. The SMILES string of the molecule is Cc1cc(C)c(O)c(-c2n[nH]c3c2[C@H](c2cccc(Oc4ccccc4)c2)N(CCCO)C3=O)c1. The minimum absolute atomic E-state index is 0.0233. The van der Waals surface area contributed by atoms with Crippen LogP contribution in [0.25, 0.3) is 11.3 Å². The average Bonchev–Trinajstić information content (AvgIpc) is 3.39. The first-order valence-electron chi connectivity index (χ1n) is 11.6. The van der Waals surface area contributed by atoms with Crippen molar-refractivity contribution in [1.82, 2.24) is 15.1 Å². The fraction of sp³-hybridized carbons (Fsp3) is 0.214. The molecule has 0 unspecified atom stereocenters. The van der Waals surface area contributed by atoms with Crippen LogP contribution in [0.4, 0.5) is 0 Å². The van der Waals surface area contributed by atoms with Crippen LogP contribution in [-0.2, 0) is 0 Å². The van der Waals surface area contributed by atoms with Crippen LogP contribution < -0.4 is 4.74 Å². The maximum Gasteiger partial charge on any atom is 0.273 e. The van der Waals surface area contributed by atoms with E-state index in [9.17, 15) is 15.0 Å². The molecule has 5 rings (SSSR count). The zero-order chi connectivity index (χ0) is 24.5. The molecule has 0 fully saturated rings. The third-order valence-corrected chi connectivity index (χ3v) is 6.27. The Hall–Kier alpha value is -4.10. The van der Waals surface area contributed by atoms with E-state index in [1.165, 1.54) is 0 Å². The van der Waals surface area contributed by atoms with E-state index in [0.29, 0.717) is 47.0 Å². The molecule has 7 heteroatoms. The molecule has 0 saturated heterocycles. The smallest absolute Gasteiger partial charge is 0.273 e. The first kappa shape index (κ1) is 22.7. The van der Waals surface area contributed by atoms with Gasteiger partial charge < -0.3 is 19.8 Å². The lowest BCUT2D eigenvalue weighted by Gasteiger charge is -2.26. The van der Waals surface area contributed by atoms with Crippen molar-refractivity contribution in [3.63, 3.8) is 0 Å². The molecular formula is C28H27N3O4. The van der Waals surface area contributed by atoms with Crippen LogP contribution in [0.3, 0.4) is 0 Å². The Labute approximate surface area is 203 Å². The van der Waals surface area contributed by atoms with Gasteiger partial charge in [0.2, 0.25) is 0 Å². The Bertz CT molecular complexity index is 1380. The molecule has 3 aromatic carbocycles. The van der Waals surface area contributed by atoms with Crippen LogP contribution in [0.1, 0.15) is 45.2 Å². The molecule has 1 aliphatic rings. The number of amides is 1. The minimum Gasteiger partial charge on any atom is -0.507 e. The fourth-order valence-corrected chi connectivity index (χ4v) is 4.73. The van der Waals surface area contributed by atoms with E-state index >= 15 is 0 Å². The van der Waals surface area contributed by atoms with Crippen molar-refractivity contribution < 1.29 is 19.7 Å². The number of fused-ring (bicyclic) bond motifs is 1. The summed E-state index contributed by atoms with van der Waals surface area (Å²) in [6, 6.07) is 20.5. The highest BCUT2D eigenvalue weighted by Crippen LogP contribution is 2.45. The predicted octanol–water partition coefficient (Wildman–Crippen LogP) is 5.12. The first-order valence-corrected chi connectivity index (χ1v) is 11.6. The summed E-state index contributed by atoms with van der Waals surface area (Å²) in [4.78, 5) is 15.1. The monoisotopic (exact) mass is 469 g/mol. The quantitative estimate of drug-likeness (QED) is 0.349. The van der Waals surface area contributed by atoms with E-state index in [4.69, 9.17) is 4.74 Å². The highest BCUT2D eigenvalue weighted by atomic mass is 16.5. The molecule has 1 amide bonds. The summed E-state index contributed by atoms with van der Waals surface area (Å²) in [6.07, 6.45) is 0.449. The number of benzene rings is 3. The van der Waals surface area contributed by atoms with Gasteiger partial charge in [-0.1, -0.05) is 36.4 Å². The molecule has 7 nitrogen and oxygen atoms in total. The lowest BCUT2D eigenvalue weighted by atomic mass is 9.94. The number of aryl methyl sites for hydroxylation is 2. The van der Waals surface area contributed by atoms with Gasteiger partial charge in [0.25, 0.3) is 5.91 Å². The van der Waals surface area contributed by atoms with Gasteiger partial charge in [0.15, 0.2) is 0 Å². The van der Waals surface area contributed by atoms with Gasteiger partial charge in [-0.3, -0.25) is 9.89 Å². The summed E-state index contributed by atoms with van der Waals surface area (Å²) in [7, 11) is 0. The molecule has 0 saturated carbocycles. The summed E-state index contributed by atoms with van der Waals surface area (Å²) in [5.41, 5.74) is 4.83. The molecule has 3 N–H and O–H groups in total. The summed E-state index contributed by atoms with van der Waals surface area (Å²) in [6.45, 7) is 4.16. The Kier molecular flexibility index (Phi) is 6.01. The van der Waals surface area contributed by atoms with Gasteiger partial charge in [0, 0.05) is 24.3 Å². The topological polar surface area (TPSA) is 98.7 Å². The second-order valence-electron chi connectivity index (χ2n) is 8.80. The number of phenols is 1. The zero-order valence-electron chi connectivity index (χ0n) is 19.7. The molecule has 0 bridgehead atoms. The molecule has 35 heavy (non-hydrogen) atoms. The number of rotatable bonds is 7. The Morgan fingerprint density at radius 1 is 1.03 bits per heavy atom. The number of aromatic hydroxyl groups is 1. The van der Waals surface area contributed by atoms with Crippen molar-refractivity contribution in [2.45, 2.75) is 26.3 Å². The van der Waals surface area contributed by atoms with E-state index in [1.807, 2.05) is 80.6 Å². The summed E-state index contributed by atoms with van der Waals surface area (Å²) < 4.78 is 6.05. The zero-order valence-corrected chi connectivity index (χ0v) is 19.7. The van der Waals surface area contributed by atoms with E-state index < -0.39 is 6.04 Å².